The summed E-state index contributed by atoms with van der Waals surface area (Å²) in [5.41, 5.74) is 3.15. The minimum atomic E-state index is -0.279. The smallest absolute Gasteiger partial charge is 0.251 e. The number of amides is 2. The Labute approximate surface area is 135 Å². The van der Waals surface area contributed by atoms with Crippen LogP contribution in [-0.2, 0) is 17.9 Å². The topological polar surface area (TPSA) is 78.4 Å². The van der Waals surface area contributed by atoms with Crippen molar-refractivity contribution in [1.82, 2.24) is 10.6 Å². The molecule has 0 heterocycles. The molecule has 5 nitrogen and oxygen atoms in total. The molecule has 0 aliphatic heterocycles. The van der Waals surface area contributed by atoms with Crippen molar-refractivity contribution in [1.29, 1.82) is 0 Å². The van der Waals surface area contributed by atoms with Gasteiger partial charge >= 0.3 is 0 Å². The highest BCUT2D eigenvalue weighted by molar-refractivity contribution is 5.96. The highest BCUT2D eigenvalue weighted by Gasteiger charge is 2.08. The Kier molecular flexibility index (Phi) is 5.88. The van der Waals surface area contributed by atoms with Crippen LogP contribution in [0.15, 0.2) is 48.5 Å². The molecule has 23 heavy (non-hydrogen) atoms. The minimum Gasteiger partial charge on any atom is -0.392 e. The molecule has 0 atom stereocenters. The predicted octanol–water partition coefficient (Wildman–Crippen LogP) is 1.53. The van der Waals surface area contributed by atoms with Gasteiger partial charge in [-0.15, -0.1) is 0 Å². The third-order valence-corrected chi connectivity index (χ3v) is 3.45. The van der Waals surface area contributed by atoms with Crippen LogP contribution in [0, 0.1) is 6.92 Å². The van der Waals surface area contributed by atoms with Crippen LogP contribution in [0.5, 0.6) is 0 Å². The first kappa shape index (κ1) is 16.7. The van der Waals surface area contributed by atoms with E-state index < -0.39 is 0 Å². The fourth-order valence-electron chi connectivity index (χ4n) is 2.19. The molecule has 2 aromatic rings. The summed E-state index contributed by atoms with van der Waals surface area (Å²) in [5.74, 6) is -0.557. The summed E-state index contributed by atoms with van der Waals surface area (Å²) in [7, 11) is 0. The number of aryl methyl sites for hydroxylation is 1. The number of aliphatic hydroxyl groups is 1. The van der Waals surface area contributed by atoms with Crippen LogP contribution >= 0.6 is 0 Å². The van der Waals surface area contributed by atoms with Crippen LogP contribution in [-0.4, -0.2) is 23.5 Å². The fraction of sp³-hybridized carbons (Fsp3) is 0.222. The molecular formula is C18H20N2O3. The van der Waals surface area contributed by atoms with Gasteiger partial charge in [0.15, 0.2) is 0 Å². The molecule has 0 unspecified atom stereocenters. The first-order chi connectivity index (χ1) is 11.1. The molecule has 0 aliphatic rings. The second-order valence-corrected chi connectivity index (χ2v) is 5.26. The van der Waals surface area contributed by atoms with Gasteiger partial charge in [0, 0.05) is 12.1 Å². The molecule has 3 N–H and O–H groups in total. The summed E-state index contributed by atoms with van der Waals surface area (Å²) in [4.78, 5) is 23.8. The number of hydrogen-bond acceptors (Lipinski definition) is 3. The summed E-state index contributed by atoms with van der Waals surface area (Å²) in [6, 6.07) is 14.5. The standard InChI is InChI=1S/C18H20N2O3/c1-13-5-4-8-14(9-13)18(23)20-11-17(22)19-10-15-6-2-3-7-16(15)12-21/h2-9,21H,10-12H2,1H3,(H,19,22)(H,20,23). The van der Waals surface area contributed by atoms with Crippen molar-refractivity contribution in [3.05, 3.63) is 70.8 Å². The van der Waals surface area contributed by atoms with Crippen molar-refractivity contribution in [2.24, 2.45) is 0 Å². The number of nitrogens with one attached hydrogen (secondary N) is 2. The van der Waals surface area contributed by atoms with Gasteiger partial charge < -0.3 is 15.7 Å². The highest BCUT2D eigenvalue weighted by Crippen LogP contribution is 2.08. The Morgan fingerprint density at radius 1 is 1.00 bits per heavy atom. The van der Waals surface area contributed by atoms with Crippen LogP contribution < -0.4 is 10.6 Å². The Morgan fingerprint density at radius 2 is 1.74 bits per heavy atom. The second-order valence-electron chi connectivity index (χ2n) is 5.26. The fourth-order valence-corrected chi connectivity index (χ4v) is 2.19. The molecule has 0 saturated heterocycles. The van der Waals surface area contributed by atoms with Crippen LogP contribution in [0.1, 0.15) is 27.0 Å². The van der Waals surface area contributed by atoms with E-state index in [9.17, 15) is 14.7 Å². The first-order valence-corrected chi connectivity index (χ1v) is 7.39. The van der Waals surface area contributed by atoms with E-state index in [-0.39, 0.29) is 25.0 Å². The van der Waals surface area contributed by atoms with Crippen molar-refractivity contribution in [2.75, 3.05) is 6.54 Å². The van der Waals surface area contributed by atoms with E-state index in [1.807, 2.05) is 31.2 Å². The Balaban J connectivity index is 1.82. The molecule has 120 valence electrons. The monoisotopic (exact) mass is 312 g/mol. The van der Waals surface area contributed by atoms with Crippen LogP contribution in [0.25, 0.3) is 0 Å². The van der Waals surface area contributed by atoms with E-state index >= 15 is 0 Å². The Bertz CT molecular complexity index is 698. The number of aliphatic hydroxyl groups excluding tert-OH is 1. The third-order valence-electron chi connectivity index (χ3n) is 3.45. The number of hydrogen-bond donors (Lipinski definition) is 3. The van der Waals surface area contributed by atoms with Gasteiger partial charge in [-0.2, -0.15) is 0 Å². The lowest BCUT2D eigenvalue weighted by atomic mass is 10.1. The molecule has 0 aromatic heterocycles. The first-order valence-electron chi connectivity index (χ1n) is 7.39. The molecule has 0 bridgehead atoms. The zero-order valence-electron chi connectivity index (χ0n) is 13.0. The second kappa shape index (κ2) is 8.10. The van der Waals surface area contributed by atoms with E-state index in [0.29, 0.717) is 12.1 Å². The maximum atomic E-state index is 12.0. The summed E-state index contributed by atoms with van der Waals surface area (Å²) in [6.07, 6.45) is 0. The van der Waals surface area contributed by atoms with Crippen molar-refractivity contribution in [3.8, 4) is 0 Å². The average molecular weight is 312 g/mol. The SMILES string of the molecule is Cc1cccc(C(=O)NCC(=O)NCc2ccccc2CO)c1. The zero-order valence-corrected chi connectivity index (χ0v) is 13.0. The number of benzene rings is 2. The van der Waals surface area contributed by atoms with E-state index in [2.05, 4.69) is 10.6 Å². The highest BCUT2D eigenvalue weighted by atomic mass is 16.3. The van der Waals surface area contributed by atoms with Gasteiger partial charge in [0.05, 0.1) is 13.2 Å². The van der Waals surface area contributed by atoms with Gasteiger partial charge in [-0.3, -0.25) is 9.59 Å². The lowest BCUT2D eigenvalue weighted by Gasteiger charge is -2.10. The molecule has 0 aliphatic carbocycles. The molecule has 0 radical (unpaired) electrons. The van der Waals surface area contributed by atoms with Crippen molar-refractivity contribution in [2.45, 2.75) is 20.1 Å². The van der Waals surface area contributed by atoms with Gasteiger partial charge in [-0.25, -0.2) is 0 Å². The molecule has 5 heteroatoms. The predicted molar refractivity (Wildman–Crippen MR) is 87.7 cm³/mol. The van der Waals surface area contributed by atoms with Gasteiger partial charge in [0.2, 0.25) is 5.91 Å². The maximum absolute atomic E-state index is 12.0. The van der Waals surface area contributed by atoms with E-state index in [1.165, 1.54) is 0 Å². The van der Waals surface area contributed by atoms with E-state index in [4.69, 9.17) is 0 Å². The zero-order chi connectivity index (χ0) is 16.7. The molecule has 0 spiro atoms. The summed E-state index contributed by atoms with van der Waals surface area (Å²) in [6.45, 7) is 2.06. The average Bonchev–Trinajstić information content (AvgIpc) is 2.58. The lowest BCUT2D eigenvalue weighted by Crippen LogP contribution is -2.36. The van der Waals surface area contributed by atoms with Gasteiger partial charge in [0.1, 0.15) is 0 Å². The number of carbonyl (C=O) groups is 2. The summed E-state index contributed by atoms with van der Waals surface area (Å²) < 4.78 is 0. The maximum Gasteiger partial charge on any atom is 0.251 e. The van der Waals surface area contributed by atoms with E-state index in [1.54, 1.807) is 24.3 Å². The number of rotatable bonds is 6. The molecular weight excluding hydrogens is 292 g/mol. The lowest BCUT2D eigenvalue weighted by molar-refractivity contribution is -0.120. The number of carbonyl (C=O) groups excluding carboxylic acids is 2. The van der Waals surface area contributed by atoms with Gasteiger partial charge in [-0.05, 0) is 30.2 Å². The van der Waals surface area contributed by atoms with Crippen molar-refractivity contribution >= 4 is 11.8 Å². The quantitative estimate of drug-likeness (QED) is 0.757. The largest absolute Gasteiger partial charge is 0.392 e. The molecule has 2 rings (SSSR count). The van der Waals surface area contributed by atoms with Gasteiger partial charge in [-0.1, -0.05) is 42.0 Å². The molecule has 2 aromatic carbocycles. The minimum absolute atomic E-state index is 0.0733. The summed E-state index contributed by atoms with van der Waals surface area (Å²) in [5, 5.41) is 14.6. The Morgan fingerprint density at radius 3 is 2.43 bits per heavy atom. The van der Waals surface area contributed by atoms with Crippen molar-refractivity contribution < 1.29 is 14.7 Å². The summed E-state index contributed by atoms with van der Waals surface area (Å²) >= 11 is 0. The van der Waals surface area contributed by atoms with Gasteiger partial charge in [0.25, 0.3) is 5.91 Å². The van der Waals surface area contributed by atoms with Crippen molar-refractivity contribution in [3.63, 3.8) is 0 Å². The molecule has 0 saturated carbocycles. The normalized spacial score (nSPS) is 10.2. The third kappa shape index (κ3) is 4.93. The van der Waals surface area contributed by atoms with E-state index in [0.717, 1.165) is 16.7 Å². The van der Waals surface area contributed by atoms with Crippen LogP contribution in [0.3, 0.4) is 0 Å². The molecule has 0 fully saturated rings. The molecule has 2 amide bonds. The van der Waals surface area contributed by atoms with Crippen LogP contribution in [0.4, 0.5) is 0 Å². The van der Waals surface area contributed by atoms with Crippen LogP contribution in [0.2, 0.25) is 0 Å². The Hall–Kier alpha value is -2.66.